The van der Waals surface area contributed by atoms with Crippen LogP contribution in [0.1, 0.15) is 16.5 Å². The van der Waals surface area contributed by atoms with Crippen molar-refractivity contribution in [1.29, 1.82) is 0 Å². The highest BCUT2D eigenvalue weighted by molar-refractivity contribution is 7.10. The van der Waals surface area contributed by atoms with Crippen molar-refractivity contribution in [3.63, 3.8) is 0 Å². The maximum Gasteiger partial charge on any atom is 0.246 e. The Kier molecular flexibility index (Phi) is 3.96. The topological polar surface area (TPSA) is 68.0 Å². The third-order valence-electron chi connectivity index (χ3n) is 2.49. The van der Waals surface area contributed by atoms with Crippen molar-refractivity contribution in [2.24, 2.45) is 5.73 Å². The van der Waals surface area contributed by atoms with Crippen molar-refractivity contribution in [3.05, 3.63) is 45.4 Å². The van der Waals surface area contributed by atoms with Crippen LogP contribution in [0.3, 0.4) is 0 Å². The van der Waals surface area contributed by atoms with Gasteiger partial charge in [-0.1, -0.05) is 17.7 Å². The molecule has 2 heterocycles. The minimum absolute atomic E-state index is 0.265. The van der Waals surface area contributed by atoms with Gasteiger partial charge in [0.1, 0.15) is 6.04 Å². The first-order chi connectivity index (χ1) is 8.59. The van der Waals surface area contributed by atoms with Gasteiger partial charge in [-0.3, -0.25) is 4.79 Å². The smallest absolute Gasteiger partial charge is 0.246 e. The van der Waals surface area contributed by atoms with E-state index in [0.29, 0.717) is 5.69 Å². The number of anilines is 1. The van der Waals surface area contributed by atoms with Crippen LogP contribution >= 0.6 is 22.9 Å². The highest BCUT2D eigenvalue weighted by Crippen LogP contribution is 2.25. The number of aromatic nitrogens is 1. The largest absolute Gasteiger partial charge is 0.322 e. The second-order valence-corrected chi connectivity index (χ2v) is 5.11. The number of amides is 1. The Morgan fingerprint density at radius 3 is 2.94 bits per heavy atom. The van der Waals surface area contributed by atoms with E-state index in [9.17, 15) is 4.79 Å². The van der Waals surface area contributed by atoms with E-state index in [1.54, 1.807) is 12.3 Å². The van der Waals surface area contributed by atoms with Gasteiger partial charge in [-0.15, -0.1) is 11.3 Å². The van der Waals surface area contributed by atoms with Gasteiger partial charge in [-0.25, -0.2) is 4.98 Å². The average Bonchev–Trinajstić information content (AvgIpc) is 2.86. The molecule has 1 atom stereocenters. The molecule has 2 rings (SSSR count). The number of carbonyl (C=O) groups excluding carboxylic acids is 1. The van der Waals surface area contributed by atoms with E-state index >= 15 is 0 Å². The van der Waals surface area contributed by atoms with Gasteiger partial charge in [0.2, 0.25) is 5.91 Å². The average molecular weight is 282 g/mol. The van der Waals surface area contributed by atoms with Gasteiger partial charge in [-0.2, -0.15) is 0 Å². The minimum Gasteiger partial charge on any atom is -0.322 e. The molecule has 0 saturated carbocycles. The van der Waals surface area contributed by atoms with Gasteiger partial charge in [0, 0.05) is 11.1 Å². The zero-order valence-corrected chi connectivity index (χ0v) is 11.3. The standard InChI is InChI=1S/C12H12ClN3OS/c1-7-4-5-15-11(13)10(7)16-12(17)9(14)8-3-2-6-18-8/h2-6,9H,14H2,1H3,(H,16,17). The fraction of sp³-hybridized carbons (Fsp3) is 0.167. The molecule has 2 aromatic rings. The molecule has 6 heteroatoms. The second kappa shape index (κ2) is 5.48. The quantitative estimate of drug-likeness (QED) is 0.850. The second-order valence-electron chi connectivity index (χ2n) is 3.78. The molecule has 2 aromatic heterocycles. The Labute approximate surface area is 114 Å². The molecule has 94 valence electrons. The van der Waals surface area contributed by atoms with E-state index in [2.05, 4.69) is 10.3 Å². The summed E-state index contributed by atoms with van der Waals surface area (Å²) >= 11 is 7.38. The Hall–Kier alpha value is -1.43. The van der Waals surface area contributed by atoms with Crippen LogP contribution in [0.4, 0.5) is 5.69 Å². The van der Waals surface area contributed by atoms with Gasteiger partial charge in [0.15, 0.2) is 5.15 Å². The third-order valence-corrected chi connectivity index (χ3v) is 3.74. The summed E-state index contributed by atoms with van der Waals surface area (Å²) in [6.45, 7) is 1.85. The Bertz CT molecular complexity index is 536. The molecule has 0 radical (unpaired) electrons. The lowest BCUT2D eigenvalue weighted by Crippen LogP contribution is -2.27. The van der Waals surface area contributed by atoms with Crippen LogP contribution in [-0.4, -0.2) is 10.9 Å². The number of hydrogen-bond donors (Lipinski definition) is 2. The molecule has 3 N–H and O–H groups in total. The first kappa shape index (κ1) is 13.0. The summed E-state index contributed by atoms with van der Waals surface area (Å²) in [4.78, 5) is 16.7. The van der Waals surface area contributed by atoms with E-state index < -0.39 is 6.04 Å². The van der Waals surface area contributed by atoms with Crippen molar-refractivity contribution in [3.8, 4) is 0 Å². The highest BCUT2D eigenvalue weighted by Gasteiger charge is 2.18. The van der Waals surface area contributed by atoms with Crippen LogP contribution in [0.25, 0.3) is 0 Å². The van der Waals surface area contributed by atoms with Crippen LogP contribution in [0, 0.1) is 6.92 Å². The first-order valence-corrected chi connectivity index (χ1v) is 6.56. The van der Waals surface area contributed by atoms with Crippen LogP contribution in [0.5, 0.6) is 0 Å². The normalized spacial score (nSPS) is 12.2. The van der Waals surface area contributed by atoms with E-state index in [4.69, 9.17) is 17.3 Å². The summed E-state index contributed by atoms with van der Waals surface area (Å²) < 4.78 is 0. The number of hydrogen-bond acceptors (Lipinski definition) is 4. The molecule has 0 bridgehead atoms. The van der Waals surface area contributed by atoms with Crippen LogP contribution in [0.2, 0.25) is 5.15 Å². The minimum atomic E-state index is -0.694. The molecule has 18 heavy (non-hydrogen) atoms. The molecule has 0 spiro atoms. The number of aryl methyl sites for hydroxylation is 1. The summed E-state index contributed by atoms with van der Waals surface area (Å²) in [6.07, 6.45) is 1.59. The lowest BCUT2D eigenvalue weighted by molar-refractivity contribution is -0.117. The number of carbonyl (C=O) groups is 1. The molecule has 0 saturated heterocycles. The number of thiophene rings is 1. The van der Waals surface area contributed by atoms with Crippen LogP contribution < -0.4 is 11.1 Å². The lowest BCUT2D eigenvalue weighted by Gasteiger charge is -2.13. The number of nitrogens with two attached hydrogens (primary N) is 1. The summed E-state index contributed by atoms with van der Waals surface area (Å²) in [6, 6.07) is 4.76. The van der Waals surface area contributed by atoms with E-state index in [-0.39, 0.29) is 11.1 Å². The first-order valence-electron chi connectivity index (χ1n) is 5.30. The Balaban J connectivity index is 2.17. The van der Waals surface area contributed by atoms with Crippen molar-refractivity contribution in [1.82, 2.24) is 4.98 Å². The van der Waals surface area contributed by atoms with Gasteiger partial charge in [0.25, 0.3) is 0 Å². The molecule has 0 fully saturated rings. The summed E-state index contributed by atoms with van der Waals surface area (Å²) in [7, 11) is 0. The highest BCUT2D eigenvalue weighted by atomic mass is 35.5. The number of pyridine rings is 1. The predicted molar refractivity (Wildman–Crippen MR) is 73.9 cm³/mol. The third kappa shape index (κ3) is 2.69. The molecular formula is C12H12ClN3OS. The van der Waals surface area contributed by atoms with Crippen LogP contribution in [0.15, 0.2) is 29.8 Å². The monoisotopic (exact) mass is 281 g/mol. The van der Waals surface area contributed by atoms with Crippen molar-refractivity contribution in [2.75, 3.05) is 5.32 Å². The number of nitrogens with one attached hydrogen (secondary N) is 1. The Morgan fingerprint density at radius 2 is 2.33 bits per heavy atom. The molecule has 0 aromatic carbocycles. The zero-order chi connectivity index (χ0) is 13.1. The van der Waals surface area contributed by atoms with Gasteiger partial charge >= 0.3 is 0 Å². The van der Waals surface area contributed by atoms with Crippen molar-refractivity contribution >= 4 is 34.5 Å². The summed E-state index contributed by atoms with van der Waals surface area (Å²) in [5.41, 5.74) is 7.23. The molecule has 0 aliphatic carbocycles. The van der Waals surface area contributed by atoms with Crippen molar-refractivity contribution < 1.29 is 4.79 Å². The van der Waals surface area contributed by atoms with E-state index in [1.165, 1.54) is 11.3 Å². The molecule has 0 aliphatic rings. The summed E-state index contributed by atoms with van der Waals surface area (Å²) in [5.74, 6) is -0.296. The number of rotatable bonds is 3. The number of halogens is 1. The van der Waals surface area contributed by atoms with Gasteiger partial charge < -0.3 is 11.1 Å². The van der Waals surface area contributed by atoms with E-state index in [1.807, 2.05) is 24.4 Å². The molecule has 1 unspecified atom stereocenters. The summed E-state index contributed by atoms with van der Waals surface area (Å²) in [5, 5.41) is 4.86. The molecule has 0 aliphatic heterocycles. The van der Waals surface area contributed by atoms with Gasteiger partial charge in [0.05, 0.1) is 5.69 Å². The fourth-order valence-corrected chi connectivity index (χ4v) is 2.45. The molecular weight excluding hydrogens is 270 g/mol. The Morgan fingerprint density at radius 1 is 1.56 bits per heavy atom. The van der Waals surface area contributed by atoms with Crippen LogP contribution in [-0.2, 0) is 4.79 Å². The van der Waals surface area contributed by atoms with E-state index in [0.717, 1.165) is 10.4 Å². The van der Waals surface area contributed by atoms with Gasteiger partial charge in [-0.05, 0) is 30.0 Å². The number of nitrogens with zero attached hydrogens (tertiary/aromatic N) is 1. The molecule has 1 amide bonds. The maximum absolute atomic E-state index is 12.0. The fourth-order valence-electron chi connectivity index (χ4n) is 1.47. The molecule has 4 nitrogen and oxygen atoms in total. The lowest BCUT2D eigenvalue weighted by atomic mass is 10.2. The predicted octanol–water partition coefficient (Wildman–Crippen LogP) is 2.74. The SMILES string of the molecule is Cc1ccnc(Cl)c1NC(=O)C(N)c1cccs1. The maximum atomic E-state index is 12.0. The zero-order valence-electron chi connectivity index (χ0n) is 9.68. The van der Waals surface area contributed by atoms with Crippen molar-refractivity contribution in [2.45, 2.75) is 13.0 Å².